The highest BCUT2D eigenvalue weighted by molar-refractivity contribution is 5.79. The maximum Gasteiger partial charge on any atom is 0.330 e. The zero-order valence-corrected chi connectivity index (χ0v) is 15.8. The highest BCUT2D eigenvalue weighted by Crippen LogP contribution is 2.30. The lowest BCUT2D eigenvalue weighted by Gasteiger charge is -2.22. The monoisotopic (exact) mass is 367 g/mol. The summed E-state index contributed by atoms with van der Waals surface area (Å²) in [5.74, 6) is -0.226. The van der Waals surface area contributed by atoms with Crippen molar-refractivity contribution in [1.29, 1.82) is 5.26 Å². The van der Waals surface area contributed by atoms with E-state index in [0.717, 1.165) is 5.56 Å². The first-order valence-corrected chi connectivity index (χ1v) is 8.88. The summed E-state index contributed by atoms with van der Waals surface area (Å²) in [5.41, 5.74) is 8.79. The van der Waals surface area contributed by atoms with Gasteiger partial charge in [0.1, 0.15) is 5.75 Å². The van der Waals surface area contributed by atoms with Gasteiger partial charge in [-0.2, -0.15) is 5.26 Å². The van der Waals surface area contributed by atoms with Gasteiger partial charge in [0.15, 0.2) is 6.04 Å². The number of nitrogens with zero attached hydrogens (tertiary/aromatic N) is 1. The minimum absolute atomic E-state index is 0.199. The lowest BCUT2D eigenvalue weighted by molar-refractivity contribution is -0.138. The normalized spacial score (nSPS) is 12.9. The standard InChI is InChI=1S/C21H25N3O3/c1-4-27-18-10-15(19(23)13(2)3)9-16(11-18)20(21(25)26)24-17-7-5-14(12-22)6-8-17/h5-11,13,19-20,24H,4,23H2,1-3H3,(H,25,26). The zero-order chi connectivity index (χ0) is 20.0. The number of anilines is 1. The van der Waals surface area contributed by atoms with Gasteiger partial charge < -0.3 is 20.9 Å². The smallest absolute Gasteiger partial charge is 0.330 e. The second-order valence-electron chi connectivity index (χ2n) is 6.64. The molecule has 142 valence electrons. The Morgan fingerprint density at radius 1 is 1.22 bits per heavy atom. The van der Waals surface area contributed by atoms with Gasteiger partial charge in [0.25, 0.3) is 0 Å². The molecule has 4 N–H and O–H groups in total. The maximum atomic E-state index is 11.9. The third-order valence-corrected chi connectivity index (χ3v) is 4.27. The van der Waals surface area contributed by atoms with Crippen LogP contribution < -0.4 is 15.8 Å². The number of nitrogens with one attached hydrogen (secondary N) is 1. The summed E-state index contributed by atoms with van der Waals surface area (Å²) < 4.78 is 5.62. The van der Waals surface area contributed by atoms with Crippen LogP contribution in [-0.4, -0.2) is 17.7 Å². The lowest BCUT2D eigenvalue weighted by Crippen LogP contribution is -2.22. The van der Waals surface area contributed by atoms with Gasteiger partial charge in [-0.3, -0.25) is 0 Å². The van der Waals surface area contributed by atoms with Crippen LogP contribution in [0.3, 0.4) is 0 Å². The molecule has 0 spiro atoms. The predicted molar refractivity (Wildman–Crippen MR) is 105 cm³/mol. The Balaban J connectivity index is 2.42. The second-order valence-corrected chi connectivity index (χ2v) is 6.64. The van der Waals surface area contributed by atoms with E-state index in [2.05, 4.69) is 5.32 Å². The average Bonchev–Trinajstić information content (AvgIpc) is 2.65. The molecule has 0 heterocycles. The first kappa shape index (κ1) is 20.3. The van der Waals surface area contributed by atoms with Crippen LogP contribution in [0, 0.1) is 17.2 Å². The molecule has 2 atom stereocenters. The van der Waals surface area contributed by atoms with Gasteiger partial charge in [-0.15, -0.1) is 0 Å². The van der Waals surface area contributed by atoms with Gasteiger partial charge in [0.05, 0.1) is 18.2 Å². The number of rotatable bonds is 8. The Bertz CT molecular complexity index is 826. The molecule has 0 aliphatic heterocycles. The van der Waals surface area contributed by atoms with E-state index >= 15 is 0 Å². The molecule has 0 aliphatic carbocycles. The highest BCUT2D eigenvalue weighted by atomic mass is 16.5. The minimum Gasteiger partial charge on any atom is -0.494 e. The van der Waals surface area contributed by atoms with Crippen molar-refractivity contribution >= 4 is 11.7 Å². The molecule has 0 aliphatic rings. The summed E-state index contributed by atoms with van der Waals surface area (Å²) >= 11 is 0. The number of hydrogen-bond acceptors (Lipinski definition) is 5. The molecule has 0 saturated carbocycles. The van der Waals surface area contributed by atoms with Gasteiger partial charge in [-0.05, 0) is 60.4 Å². The number of benzene rings is 2. The Kier molecular flexibility index (Phi) is 6.80. The van der Waals surface area contributed by atoms with Crippen molar-refractivity contribution in [2.75, 3.05) is 11.9 Å². The van der Waals surface area contributed by atoms with Crippen molar-refractivity contribution in [3.8, 4) is 11.8 Å². The number of carboxylic acids is 1. The van der Waals surface area contributed by atoms with Crippen LogP contribution in [0.4, 0.5) is 5.69 Å². The van der Waals surface area contributed by atoms with Gasteiger partial charge in [-0.25, -0.2) is 4.79 Å². The summed E-state index contributed by atoms with van der Waals surface area (Å²) in [7, 11) is 0. The molecule has 0 radical (unpaired) electrons. The van der Waals surface area contributed by atoms with E-state index < -0.39 is 12.0 Å². The third-order valence-electron chi connectivity index (χ3n) is 4.27. The van der Waals surface area contributed by atoms with E-state index in [1.54, 1.807) is 30.3 Å². The number of carboxylic acid groups (broad SMARTS) is 1. The molecular formula is C21H25N3O3. The largest absolute Gasteiger partial charge is 0.494 e. The lowest BCUT2D eigenvalue weighted by atomic mass is 9.93. The molecule has 2 rings (SSSR count). The van der Waals surface area contributed by atoms with Crippen molar-refractivity contribution in [3.05, 3.63) is 59.2 Å². The van der Waals surface area contributed by atoms with Crippen LogP contribution in [0.25, 0.3) is 0 Å². The van der Waals surface area contributed by atoms with Gasteiger partial charge >= 0.3 is 5.97 Å². The maximum absolute atomic E-state index is 11.9. The Labute approximate surface area is 159 Å². The number of ether oxygens (including phenoxy) is 1. The molecule has 0 saturated heterocycles. The Morgan fingerprint density at radius 3 is 2.37 bits per heavy atom. The molecule has 2 aromatic rings. The molecule has 27 heavy (non-hydrogen) atoms. The zero-order valence-electron chi connectivity index (χ0n) is 15.8. The molecule has 0 amide bonds. The number of aliphatic carboxylic acids is 1. The number of nitriles is 1. The number of hydrogen-bond donors (Lipinski definition) is 3. The predicted octanol–water partition coefficient (Wildman–Crippen LogP) is 3.85. The quantitative estimate of drug-likeness (QED) is 0.654. The van der Waals surface area contributed by atoms with Crippen LogP contribution in [-0.2, 0) is 4.79 Å². The van der Waals surface area contributed by atoms with Crippen LogP contribution in [0.1, 0.15) is 49.5 Å². The topological polar surface area (TPSA) is 108 Å². The molecule has 2 unspecified atom stereocenters. The Hall–Kier alpha value is -3.04. The summed E-state index contributed by atoms with van der Waals surface area (Å²) in [5, 5.41) is 21.7. The van der Waals surface area contributed by atoms with Gasteiger partial charge in [0, 0.05) is 11.7 Å². The Morgan fingerprint density at radius 2 is 1.85 bits per heavy atom. The van der Waals surface area contributed by atoms with Crippen molar-refractivity contribution < 1.29 is 14.6 Å². The fourth-order valence-corrected chi connectivity index (χ4v) is 2.74. The SMILES string of the molecule is CCOc1cc(C(Nc2ccc(C#N)cc2)C(=O)O)cc(C(N)C(C)C)c1. The highest BCUT2D eigenvalue weighted by Gasteiger charge is 2.23. The van der Waals surface area contributed by atoms with E-state index in [0.29, 0.717) is 29.2 Å². The molecule has 0 bridgehead atoms. The fourth-order valence-electron chi connectivity index (χ4n) is 2.74. The van der Waals surface area contributed by atoms with E-state index in [9.17, 15) is 9.90 Å². The fraction of sp³-hybridized carbons (Fsp3) is 0.333. The average molecular weight is 367 g/mol. The summed E-state index contributed by atoms with van der Waals surface area (Å²) in [6, 6.07) is 12.9. The van der Waals surface area contributed by atoms with Crippen LogP contribution in [0.15, 0.2) is 42.5 Å². The van der Waals surface area contributed by atoms with Crippen molar-refractivity contribution in [2.45, 2.75) is 32.9 Å². The first-order chi connectivity index (χ1) is 12.8. The van der Waals surface area contributed by atoms with Gasteiger partial charge in [0.2, 0.25) is 0 Å². The van der Waals surface area contributed by atoms with Crippen molar-refractivity contribution in [3.63, 3.8) is 0 Å². The summed E-state index contributed by atoms with van der Waals surface area (Å²) in [6.45, 7) is 6.38. The third kappa shape index (κ3) is 5.22. The summed E-state index contributed by atoms with van der Waals surface area (Å²) in [4.78, 5) is 11.9. The molecule has 6 heteroatoms. The van der Waals surface area contributed by atoms with Gasteiger partial charge in [-0.1, -0.05) is 19.9 Å². The first-order valence-electron chi connectivity index (χ1n) is 8.88. The second kappa shape index (κ2) is 9.06. The summed E-state index contributed by atoms with van der Waals surface area (Å²) in [6.07, 6.45) is 0. The van der Waals surface area contributed by atoms with Crippen LogP contribution >= 0.6 is 0 Å². The van der Waals surface area contributed by atoms with Crippen LogP contribution in [0.5, 0.6) is 5.75 Å². The van der Waals surface area contributed by atoms with E-state index in [-0.39, 0.29) is 12.0 Å². The van der Waals surface area contributed by atoms with Crippen molar-refractivity contribution in [1.82, 2.24) is 0 Å². The molecular weight excluding hydrogens is 342 g/mol. The molecule has 6 nitrogen and oxygen atoms in total. The van der Waals surface area contributed by atoms with E-state index in [1.165, 1.54) is 0 Å². The minimum atomic E-state index is -1.02. The molecule has 2 aromatic carbocycles. The number of carbonyl (C=O) groups is 1. The van der Waals surface area contributed by atoms with Crippen LogP contribution in [0.2, 0.25) is 0 Å². The van der Waals surface area contributed by atoms with E-state index in [4.69, 9.17) is 15.7 Å². The van der Waals surface area contributed by atoms with Crippen molar-refractivity contribution in [2.24, 2.45) is 11.7 Å². The number of nitrogens with two attached hydrogens (primary N) is 1. The van der Waals surface area contributed by atoms with E-state index in [1.807, 2.05) is 39.0 Å². The molecule has 0 fully saturated rings. The molecule has 0 aromatic heterocycles.